The second-order valence-corrected chi connectivity index (χ2v) is 9.13. The van der Waals surface area contributed by atoms with Crippen molar-refractivity contribution in [3.8, 4) is 5.75 Å². The van der Waals surface area contributed by atoms with Crippen LogP contribution in [0.5, 0.6) is 5.75 Å². The van der Waals surface area contributed by atoms with Crippen LogP contribution in [-0.2, 0) is 14.4 Å². The fourth-order valence-corrected chi connectivity index (χ4v) is 3.96. The molecule has 2 atom stereocenters. The highest BCUT2D eigenvalue weighted by atomic mass is 16.5. The summed E-state index contributed by atoms with van der Waals surface area (Å²) in [7, 11) is 1.62. The summed E-state index contributed by atoms with van der Waals surface area (Å²) in [4.78, 5) is 66.7. The number of carbonyl (C=O) groups excluding carboxylic acids is 5. The van der Waals surface area contributed by atoms with Gasteiger partial charge in [0.2, 0.25) is 17.7 Å². The molecule has 3 rings (SSSR count). The normalized spacial score (nSPS) is 21.7. The van der Waals surface area contributed by atoms with Gasteiger partial charge in [-0.05, 0) is 18.1 Å². The van der Waals surface area contributed by atoms with Gasteiger partial charge in [0.15, 0.2) is 0 Å². The van der Waals surface area contributed by atoms with Gasteiger partial charge in [-0.3, -0.25) is 19.2 Å². The van der Waals surface area contributed by atoms with Gasteiger partial charge in [0.25, 0.3) is 5.91 Å². The largest absolute Gasteiger partial charge is 0.491 e. The van der Waals surface area contributed by atoms with Crippen LogP contribution in [0.3, 0.4) is 0 Å². The number of benzene rings is 1. The van der Waals surface area contributed by atoms with Crippen molar-refractivity contribution in [3.63, 3.8) is 0 Å². The summed E-state index contributed by atoms with van der Waals surface area (Å²) in [5.74, 6) is -1.87. The van der Waals surface area contributed by atoms with E-state index in [1.807, 2.05) is 13.8 Å². The Morgan fingerprint density at radius 1 is 1.14 bits per heavy atom. The number of ether oxygens (including phenoxy) is 1. The van der Waals surface area contributed by atoms with Gasteiger partial charge in [0.1, 0.15) is 24.4 Å². The molecule has 0 aliphatic carbocycles. The number of hydrogen-bond donors (Lipinski definition) is 4. The molecule has 2 heterocycles. The molecule has 12 heteroatoms. The number of urea groups is 1. The maximum absolute atomic E-state index is 13.1. The molecule has 6 amide bonds. The molecule has 1 aromatic rings. The van der Waals surface area contributed by atoms with Crippen molar-refractivity contribution in [2.75, 3.05) is 46.4 Å². The Hall–Kier alpha value is -3.83. The van der Waals surface area contributed by atoms with E-state index in [9.17, 15) is 24.0 Å². The minimum atomic E-state index is -1.21. The minimum Gasteiger partial charge on any atom is -0.491 e. The van der Waals surface area contributed by atoms with E-state index in [2.05, 4.69) is 21.3 Å². The highest BCUT2D eigenvalue weighted by molar-refractivity contribution is 6.01. The molecule has 1 fully saturated rings. The third-order valence-corrected chi connectivity index (χ3v) is 6.08. The maximum atomic E-state index is 13.1. The first-order valence-electron chi connectivity index (χ1n) is 12.0. The van der Waals surface area contributed by atoms with Crippen molar-refractivity contribution in [2.24, 2.45) is 5.92 Å². The summed E-state index contributed by atoms with van der Waals surface area (Å²) in [6.07, 6.45) is -0.370. The lowest BCUT2D eigenvalue weighted by Crippen LogP contribution is -2.54. The van der Waals surface area contributed by atoms with E-state index in [1.165, 1.54) is 4.90 Å². The molecule has 4 N–H and O–H groups in total. The number of carbonyl (C=O) groups is 5. The predicted molar refractivity (Wildman–Crippen MR) is 130 cm³/mol. The molecule has 0 radical (unpaired) electrons. The van der Waals surface area contributed by atoms with E-state index in [-0.39, 0.29) is 56.1 Å². The topological polar surface area (TPSA) is 149 Å². The average molecular weight is 503 g/mol. The summed E-state index contributed by atoms with van der Waals surface area (Å²) >= 11 is 0. The third kappa shape index (κ3) is 6.86. The molecule has 196 valence electrons. The first kappa shape index (κ1) is 26.8. The van der Waals surface area contributed by atoms with Crippen LogP contribution < -0.4 is 26.0 Å². The lowest BCUT2D eigenvalue weighted by molar-refractivity contribution is -0.137. The van der Waals surface area contributed by atoms with E-state index >= 15 is 0 Å². The second-order valence-electron chi connectivity index (χ2n) is 9.13. The summed E-state index contributed by atoms with van der Waals surface area (Å²) in [5.41, 5.74) is 0.204. The molecule has 2 aliphatic heterocycles. The standard InChI is InChI=1S/C24H34N6O6/c1-15(2)20-23(34)29(3)12-13-36-18-7-5-4-6-16(18)21(32)27-17(14-19(31)28-20)22(33)25-8-10-30-11-9-26-24(30)35/h4-7,15,17,20H,8-14H2,1-3H3,(H,25,33)(H,26,35)(H,27,32)(H,28,31)/t17-,20+/m0/s1. The highest BCUT2D eigenvalue weighted by Gasteiger charge is 2.31. The van der Waals surface area contributed by atoms with Gasteiger partial charge in [-0.25, -0.2) is 4.79 Å². The third-order valence-electron chi connectivity index (χ3n) is 6.08. The van der Waals surface area contributed by atoms with Gasteiger partial charge in [0, 0.05) is 33.2 Å². The van der Waals surface area contributed by atoms with Crippen LogP contribution in [-0.4, -0.2) is 97.9 Å². The van der Waals surface area contributed by atoms with Gasteiger partial charge >= 0.3 is 6.03 Å². The Morgan fingerprint density at radius 3 is 2.58 bits per heavy atom. The summed E-state index contributed by atoms with van der Waals surface area (Å²) in [6, 6.07) is 4.35. The number of nitrogens with zero attached hydrogens (tertiary/aromatic N) is 2. The van der Waals surface area contributed by atoms with E-state index in [1.54, 1.807) is 36.2 Å². The summed E-state index contributed by atoms with van der Waals surface area (Å²) in [5, 5.41) is 10.7. The zero-order valence-corrected chi connectivity index (χ0v) is 20.8. The molecule has 36 heavy (non-hydrogen) atoms. The lowest BCUT2D eigenvalue weighted by atomic mass is 10.0. The minimum absolute atomic E-state index is 0.138. The molecular formula is C24H34N6O6. The first-order valence-corrected chi connectivity index (χ1v) is 12.0. The Kier molecular flexibility index (Phi) is 9.09. The molecule has 0 unspecified atom stereocenters. The molecule has 2 aliphatic rings. The maximum Gasteiger partial charge on any atom is 0.317 e. The number of likely N-dealkylation sites (N-methyl/N-ethyl adjacent to an activating group) is 1. The van der Waals surface area contributed by atoms with Crippen LogP contribution >= 0.6 is 0 Å². The summed E-state index contributed by atoms with van der Waals surface area (Å²) in [6.45, 7) is 5.54. The highest BCUT2D eigenvalue weighted by Crippen LogP contribution is 2.19. The number of fused-ring (bicyclic) bond motifs is 1. The van der Waals surface area contributed by atoms with Gasteiger partial charge in [0.05, 0.1) is 18.5 Å². The molecule has 0 aromatic heterocycles. The molecule has 1 aromatic carbocycles. The molecular weight excluding hydrogens is 468 g/mol. The van der Waals surface area contributed by atoms with Crippen molar-refractivity contribution in [3.05, 3.63) is 29.8 Å². The number of rotatable bonds is 5. The average Bonchev–Trinajstić information content (AvgIpc) is 3.25. The van der Waals surface area contributed by atoms with Crippen LogP contribution in [0, 0.1) is 5.92 Å². The second kappa shape index (κ2) is 12.2. The number of hydrogen-bond acceptors (Lipinski definition) is 6. The fraction of sp³-hybridized carbons (Fsp3) is 0.542. The van der Waals surface area contributed by atoms with Gasteiger partial charge in [-0.2, -0.15) is 0 Å². The van der Waals surface area contributed by atoms with Crippen molar-refractivity contribution in [1.29, 1.82) is 0 Å². The zero-order chi connectivity index (χ0) is 26.2. The van der Waals surface area contributed by atoms with E-state index < -0.39 is 29.8 Å². The molecule has 0 bridgehead atoms. The Labute approximate surface area is 210 Å². The first-order chi connectivity index (χ1) is 17.2. The van der Waals surface area contributed by atoms with Crippen LogP contribution in [0.25, 0.3) is 0 Å². The van der Waals surface area contributed by atoms with E-state index in [0.29, 0.717) is 18.8 Å². The number of nitrogens with one attached hydrogen (secondary N) is 4. The monoisotopic (exact) mass is 502 g/mol. The van der Waals surface area contributed by atoms with Crippen LogP contribution in [0.15, 0.2) is 24.3 Å². The van der Waals surface area contributed by atoms with Gasteiger partial charge in [-0.1, -0.05) is 26.0 Å². The van der Waals surface area contributed by atoms with Crippen LogP contribution in [0.2, 0.25) is 0 Å². The fourth-order valence-electron chi connectivity index (χ4n) is 3.96. The Balaban J connectivity index is 1.80. The van der Waals surface area contributed by atoms with Crippen LogP contribution in [0.1, 0.15) is 30.6 Å². The van der Waals surface area contributed by atoms with Crippen molar-refractivity contribution >= 4 is 29.7 Å². The van der Waals surface area contributed by atoms with Gasteiger partial charge < -0.3 is 35.8 Å². The summed E-state index contributed by atoms with van der Waals surface area (Å²) < 4.78 is 5.78. The Bertz CT molecular complexity index is 999. The predicted octanol–water partition coefficient (Wildman–Crippen LogP) is -0.692. The van der Waals surface area contributed by atoms with Crippen molar-refractivity contribution < 1.29 is 28.7 Å². The van der Waals surface area contributed by atoms with Crippen molar-refractivity contribution in [1.82, 2.24) is 31.1 Å². The van der Waals surface area contributed by atoms with E-state index in [0.717, 1.165) is 0 Å². The smallest absolute Gasteiger partial charge is 0.317 e. The lowest BCUT2D eigenvalue weighted by Gasteiger charge is -2.28. The Morgan fingerprint density at radius 2 is 1.89 bits per heavy atom. The van der Waals surface area contributed by atoms with Crippen LogP contribution in [0.4, 0.5) is 4.79 Å². The van der Waals surface area contributed by atoms with E-state index in [4.69, 9.17) is 4.74 Å². The molecule has 0 saturated carbocycles. The zero-order valence-electron chi connectivity index (χ0n) is 20.8. The molecule has 1 saturated heterocycles. The number of amides is 6. The number of para-hydroxylation sites is 1. The molecule has 0 spiro atoms. The van der Waals surface area contributed by atoms with Gasteiger partial charge in [-0.15, -0.1) is 0 Å². The molecule has 12 nitrogen and oxygen atoms in total. The SMILES string of the molecule is CC(C)[C@H]1NC(=O)C[C@@H](C(=O)NCCN2CCNC2=O)NC(=O)c2ccccc2OCCN(C)C1=O. The van der Waals surface area contributed by atoms with Crippen molar-refractivity contribution in [2.45, 2.75) is 32.4 Å². The quantitative estimate of drug-likeness (QED) is 0.419.